The summed E-state index contributed by atoms with van der Waals surface area (Å²) >= 11 is 0. The molecule has 0 saturated heterocycles. The molecular weight excluding hydrogens is 288 g/mol. The molecule has 116 valence electrons. The van der Waals surface area contributed by atoms with Crippen LogP contribution in [-0.4, -0.2) is 46.3 Å². The zero-order valence-corrected chi connectivity index (χ0v) is 12.2. The van der Waals surface area contributed by atoms with E-state index in [0.29, 0.717) is 0 Å². The van der Waals surface area contributed by atoms with E-state index in [0.717, 1.165) is 4.90 Å². The lowest BCUT2D eigenvalue weighted by molar-refractivity contribution is -0.143. The maximum atomic E-state index is 12.1. The van der Waals surface area contributed by atoms with Crippen LogP contribution in [0.15, 0.2) is 24.3 Å². The molecule has 1 heterocycles. The number of carboxylic acids is 1. The lowest BCUT2D eigenvalue weighted by Crippen LogP contribution is -2.49. The normalized spacial score (nSPS) is 15.0. The van der Waals surface area contributed by atoms with Crippen LogP contribution < -0.4 is 5.32 Å². The molecule has 2 N–H and O–H groups in total. The third-order valence-electron chi connectivity index (χ3n) is 3.43. The average Bonchev–Trinajstić information content (AvgIpc) is 2.70. The molecule has 0 aromatic heterocycles. The molecule has 1 unspecified atom stereocenters. The van der Waals surface area contributed by atoms with Crippen molar-refractivity contribution in [3.05, 3.63) is 35.4 Å². The largest absolute Gasteiger partial charge is 0.480 e. The number of hydrogen-bond donors (Lipinski definition) is 2. The first-order valence-electron chi connectivity index (χ1n) is 6.80. The molecule has 0 saturated carbocycles. The third kappa shape index (κ3) is 2.83. The molecule has 0 aliphatic carbocycles. The Labute approximate surface area is 126 Å². The number of nitrogens with one attached hydrogen (secondary N) is 1. The molecule has 3 amide bonds. The minimum atomic E-state index is -1.16. The molecule has 0 spiro atoms. The topological polar surface area (TPSA) is 104 Å². The van der Waals surface area contributed by atoms with E-state index in [1.54, 1.807) is 26.0 Å². The third-order valence-corrected chi connectivity index (χ3v) is 3.43. The predicted octanol–water partition coefficient (Wildman–Crippen LogP) is 0.508. The smallest absolute Gasteiger partial charge is 0.326 e. The predicted molar refractivity (Wildman–Crippen MR) is 76.2 cm³/mol. The van der Waals surface area contributed by atoms with Gasteiger partial charge in [-0.3, -0.25) is 19.3 Å². The molecule has 22 heavy (non-hydrogen) atoms. The number of imide groups is 1. The summed E-state index contributed by atoms with van der Waals surface area (Å²) in [5, 5.41) is 11.4. The number of amides is 3. The van der Waals surface area contributed by atoms with E-state index in [1.165, 1.54) is 12.1 Å². The average molecular weight is 304 g/mol. The van der Waals surface area contributed by atoms with E-state index in [-0.39, 0.29) is 17.0 Å². The van der Waals surface area contributed by atoms with Crippen LogP contribution in [0.5, 0.6) is 0 Å². The van der Waals surface area contributed by atoms with Gasteiger partial charge in [0, 0.05) is 0 Å². The molecule has 1 aliphatic heterocycles. The molecule has 1 atom stereocenters. The van der Waals surface area contributed by atoms with Gasteiger partial charge in [-0.25, -0.2) is 4.79 Å². The molecular formula is C15H16N2O5. The van der Waals surface area contributed by atoms with E-state index in [1.807, 2.05) is 0 Å². The number of carbonyl (C=O) groups is 4. The van der Waals surface area contributed by atoms with Crippen molar-refractivity contribution in [1.29, 1.82) is 0 Å². The van der Waals surface area contributed by atoms with Crippen molar-refractivity contribution in [3.63, 3.8) is 0 Å². The van der Waals surface area contributed by atoms with Gasteiger partial charge >= 0.3 is 5.97 Å². The monoisotopic (exact) mass is 304 g/mol. The van der Waals surface area contributed by atoms with Crippen molar-refractivity contribution < 1.29 is 24.3 Å². The summed E-state index contributed by atoms with van der Waals surface area (Å²) in [7, 11) is 0. The van der Waals surface area contributed by atoms with E-state index in [9.17, 15) is 19.2 Å². The van der Waals surface area contributed by atoms with E-state index in [2.05, 4.69) is 5.32 Å². The van der Waals surface area contributed by atoms with Crippen molar-refractivity contribution in [2.24, 2.45) is 5.92 Å². The molecule has 0 fully saturated rings. The Kier molecular flexibility index (Phi) is 4.25. The van der Waals surface area contributed by atoms with Crippen LogP contribution in [-0.2, 0) is 9.59 Å². The Morgan fingerprint density at radius 3 is 2.05 bits per heavy atom. The number of carbonyl (C=O) groups excluding carboxylic acids is 3. The van der Waals surface area contributed by atoms with Crippen LogP contribution in [0.25, 0.3) is 0 Å². The molecule has 1 aromatic rings. The molecule has 7 heteroatoms. The van der Waals surface area contributed by atoms with Crippen LogP contribution in [0.2, 0.25) is 0 Å². The summed E-state index contributed by atoms with van der Waals surface area (Å²) in [5.41, 5.74) is 0.498. The molecule has 1 aliphatic rings. The van der Waals surface area contributed by atoms with Gasteiger partial charge in [-0.1, -0.05) is 26.0 Å². The van der Waals surface area contributed by atoms with Gasteiger partial charge < -0.3 is 10.4 Å². The fourth-order valence-electron chi connectivity index (χ4n) is 2.26. The zero-order chi connectivity index (χ0) is 16.4. The number of carboxylic acid groups (broad SMARTS) is 1. The molecule has 0 bridgehead atoms. The molecule has 2 rings (SSSR count). The van der Waals surface area contributed by atoms with Crippen molar-refractivity contribution in [2.75, 3.05) is 6.54 Å². The highest BCUT2D eigenvalue weighted by molar-refractivity contribution is 6.22. The molecule has 1 aromatic carbocycles. The number of benzene rings is 1. The number of nitrogens with zero attached hydrogens (tertiary/aromatic N) is 1. The summed E-state index contributed by atoms with van der Waals surface area (Å²) in [6, 6.07) is 5.23. The van der Waals surface area contributed by atoms with Crippen LogP contribution in [0.1, 0.15) is 34.6 Å². The summed E-state index contributed by atoms with van der Waals surface area (Å²) in [6.07, 6.45) is 0. The SMILES string of the molecule is CC(C)C(NC(=O)CN1C(=O)c2ccccc2C1=O)C(=O)O. The zero-order valence-electron chi connectivity index (χ0n) is 12.2. The summed E-state index contributed by atoms with van der Waals surface area (Å²) in [4.78, 5) is 48.0. The standard InChI is InChI=1S/C15H16N2O5/c1-8(2)12(15(21)22)16-11(18)7-17-13(19)9-5-3-4-6-10(9)14(17)20/h3-6,8,12H,7H2,1-2H3,(H,16,18)(H,21,22). The number of rotatable bonds is 5. The lowest BCUT2D eigenvalue weighted by atomic mass is 10.0. The Morgan fingerprint density at radius 2 is 1.64 bits per heavy atom. The Hall–Kier alpha value is -2.70. The number of fused-ring (bicyclic) bond motifs is 1. The van der Waals surface area contributed by atoms with Gasteiger partial charge in [0.2, 0.25) is 5.91 Å². The quantitative estimate of drug-likeness (QED) is 0.771. The molecule has 7 nitrogen and oxygen atoms in total. The van der Waals surface area contributed by atoms with Crippen LogP contribution >= 0.6 is 0 Å². The maximum absolute atomic E-state index is 12.1. The van der Waals surface area contributed by atoms with Gasteiger partial charge in [0.15, 0.2) is 0 Å². The minimum absolute atomic E-state index is 0.249. The summed E-state index contributed by atoms with van der Waals surface area (Å²) in [5.74, 6) is -3.26. The summed E-state index contributed by atoms with van der Waals surface area (Å²) < 4.78 is 0. The van der Waals surface area contributed by atoms with Gasteiger partial charge in [-0.05, 0) is 18.1 Å². The van der Waals surface area contributed by atoms with Gasteiger partial charge in [-0.15, -0.1) is 0 Å². The van der Waals surface area contributed by atoms with Crippen molar-refractivity contribution >= 4 is 23.7 Å². The Bertz CT molecular complexity index is 618. The second-order valence-corrected chi connectivity index (χ2v) is 5.37. The van der Waals surface area contributed by atoms with Gasteiger partial charge in [0.25, 0.3) is 11.8 Å². The first kappa shape index (κ1) is 15.7. The fraction of sp³-hybridized carbons (Fsp3) is 0.333. The summed E-state index contributed by atoms with van der Waals surface area (Å²) in [6.45, 7) is 2.81. The Balaban J connectivity index is 2.09. The highest BCUT2D eigenvalue weighted by Crippen LogP contribution is 2.21. The Morgan fingerprint density at radius 1 is 1.14 bits per heavy atom. The van der Waals surface area contributed by atoms with Crippen LogP contribution in [0, 0.1) is 5.92 Å². The van der Waals surface area contributed by atoms with Crippen LogP contribution in [0.4, 0.5) is 0 Å². The van der Waals surface area contributed by atoms with Crippen molar-refractivity contribution in [3.8, 4) is 0 Å². The molecule has 0 radical (unpaired) electrons. The van der Waals surface area contributed by atoms with Crippen molar-refractivity contribution in [1.82, 2.24) is 10.2 Å². The highest BCUT2D eigenvalue weighted by Gasteiger charge is 2.36. The fourth-order valence-corrected chi connectivity index (χ4v) is 2.26. The van der Waals surface area contributed by atoms with Gasteiger partial charge in [0.1, 0.15) is 12.6 Å². The van der Waals surface area contributed by atoms with E-state index < -0.39 is 36.3 Å². The number of aliphatic carboxylic acids is 1. The van der Waals surface area contributed by atoms with Crippen molar-refractivity contribution in [2.45, 2.75) is 19.9 Å². The van der Waals surface area contributed by atoms with E-state index >= 15 is 0 Å². The van der Waals surface area contributed by atoms with Gasteiger partial charge in [-0.2, -0.15) is 0 Å². The second-order valence-electron chi connectivity index (χ2n) is 5.37. The maximum Gasteiger partial charge on any atom is 0.326 e. The number of hydrogen-bond acceptors (Lipinski definition) is 4. The van der Waals surface area contributed by atoms with Gasteiger partial charge in [0.05, 0.1) is 11.1 Å². The first-order chi connectivity index (χ1) is 10.3. The first-order valence-corrected chi connectivity index (χ1v) is 6.80. The van der Waals surface area contributed by atoms with Crippen LogP contribution in [0.3, 0.4) is 0 Å². The second kappa shape index (κ2) is 5.97. The van der Waals surface area contributed by atoms with E-state index in [4.69, 9.17) is 5.11 Å². The highest BCUT2D eigenvalue weighted by atomic mass is 16.4. The lowest BCUT2D eigenvalue weighted by Gasteiger charge is -2.20. The minimum Gasteiger partial charge on any atom is -0.480 e.